The van der Waals surface area contributed by atoms with Crippen LogP contribution in [0.2, 0.25) is 0 Å². The van der Waals surface area contributed by atoms with Gasteiger partial charge in [-0.25, -0.2) is 8.78 Å². The number of amides is 1. The first kappa shape index (κ1) is 22.5. The van der Waals surface area contributed by atoms with E-state index in [-0.39, 0.29) is 16.8 Å². The van der Waals surface area contributed by atoms with Crippen LogP contribution in [0.1, 0.15) is 42.4 Å². The van der Waals surface area contributed by atoms with Crippen LogP contribution in [0.5, 0.6) is 5.75 Å². The number of fused-ring (bicyclic) bond motifs is 2. The smallest absolute Gasteiger partial charge is 0.256 e. The Balaban J connectivity index is 1.40. The second-order valence-corrected chi connectivity index (χ2v) is 9.05. The number of aryl methyl sites for hydroxylation is 1. The van der Waals surface area contributed by atoms with E-state index in [1.54, 1.807) is 6.08 Å². The molecule has 0 aromatic heterocycles. The number of halogens is 2. The van der Waals surface area contributed by atoms with Crippen molar-refractivity contribution < 1.29 is 18.3 Å². The van der Waals surface area contributed by atoms with Gasteiger partial charge >= 0.3 is 0 Å². The van der Waals surface area contributed by atoms with Crippen molar-refractivity contribution in [3.05, 3.63) is 70.8 Å². The minimum atomic E-state index is -1.02. The Bertz CT molecular complexity index is 1230. The SMILES string of the molecule is Cc1cc(/C=C2\C(=O)Nc3ccc(F)c(F)c32)c2ccccc(OCCCN3CCCCC3)c1-2. The molecule has 5 rings (SSSR count). The second-order valence-electron chi connectivity index (χ2n) is 9.05. The van der Waals surface area contributed by atoms with Crippen molar-refractivity contribution >= 4 is 23.2 Å². The van der Waals surface area contributed by atoms with Crippen LogP contribution in [0.4, 0.5) is 14.5 Å². The molecular weight excluding hydrogens is 434 g/mol. The van der Waals surface area contributed by atoms with Crippen LogP contribution in [-0.2, 0) is 4.79 Å². The van der Waals surface area contributed by atoms with E-state index >= 15 is 0 Å². The number of ether oxygens (including phenoxy) is 1. The van der Waals surface area contributed by atoms with Gasteiger partial charge in [-0.05, 0) is 80.2 Å². The van der Waals surface area contributed by atoms with Crippen LogP contribution < -0.4 is 10.1 Å². The average molecular weight is 463 g/mol. The first-order chi connectivity index (χ1) is 16.5. The lowest BCUT2D eigenvalue weighted by molar-refractivity contribution is -0.110. The monoisotopic (exact) mass is 462 g/mol. The third-order valence-electron chi connectivity index (χ3n) is 6.70. The summed E-state index contributed by atoms with van der Waals surface area (Å²) in [5, 5.41) is 2.63. The van der Waals surface area contributed by atoms with Gasteiger partial charge in [-0.1, -0.05) is 30.7 Å². The summed E-state index contributed by atoms with van der Waals surface area (Å²) in [6, 6.07) is 12.1. The lowest BCUT2D eigenvalue weighted by atomic mass is 10.0. The summed E-state index contributed by atoms with van der Waals surface area (Å²) in [7, 11) is 0. The van der Waals surface area contributed by atoms with Crippen molar-refractivity contribution in [3.63, 3.8) is 0 Å². The predicted molar refractivity (Wildman–Crippen MR) is 131 cm³/mol. The summed E-state index contributed by atoms with van der Waals surface area (Å²) in [5.74, 6) is -1.65. The fraction of sp³-hybridized carbons (Fsp3) is 0.321. The Hall–Kier alpha value is -3.25. The van der Waals surface area contributed by atoms with Crippen molar-refractivity contribution in [1.82, 2.24) is 4.90 Å². The molecule has 0 saturated carbocycles. The van der Waals surface area contributed by atoms with Crippen molar-refractivity contribution in [3.8, 4) is 16.9 Å². The van der Waals surface area contributed by atoms with E-state index in [9.17, 15) is 13.6 Å². The first-order valence-electron chi connectivity index (χ1n) is 11.9. The Morgan fingerprint density at radius 1 is 1.06 bits per heavy atom. The molecule has 0 atom stereocenters. The van der Waals surface area contributed by atoms with Crippen LogP contribution in [0.15, 0.2) is 42.5 Å². The summed E-state index contributed by atoms with van der Waals surface area (Å²) < 4.78 is 34.6. The van der Waals surface area contributed by atoms with Crippen LogP contribution in [-0.4, -0.2) is 37.0 Å². The number of benzene rings is 1. The molecule has 1 aromatic rings. The summed E-state index contributed by atoms with van der Waals surface area (Å²) in [6.45, 7) is 6.00. The Morgan fingerprint density at radius 2 is 1.85 bits per heavy atom. The molecule has 4 nitrogen and oxygen atoms in total. The molecule has 1 saturated heterocycles. The number of piperidine rings is 1. The van der Waals surface area contributed by atoms with Gasteiger partial charge in [0.2, 0.25) is 0 Å². The minimum Gasteiger partial charge on any atom is -0.493 e. The summed E-state index contributed by atoms with van der Waals surface area (Å²) in [5.41, 5.74) is 4.02. The van der Waals surface area contributed by atoms with E-state index in [0.717, 1.165) is 47.0 Å². The van der Waals surface area contributed by atoms with Crippen LogP contribution >= 0.6 is 0 Å². The molecule has 176 valence electrons. The molecule has 2 aliphatic carbocycles. The maximum absolute atomic E-state index is 14.5. The molecule has 1 N–H and O–H groups in total. The summed E-state index contributed by atoms with van der Waals surface area (Å²) in [6.07, 6.45) is 6.48. The predicted octanol–water partition coefficient (Wildman–Crippen LogP) is 6.13. The van der Waals surface area contributed by atoms with Crippen molar-refractivity contribution in [2.24, 2.45) is 0 Å². The van der Waals surface area contributed by atoms with E-state index in [4.69, 9.17) is 4.74 Å². The molecule has 2 heterocycles. The molecule has 4 aliphatic rings. The number of nitrogens with one attached hydrogen (secondary N) is 1. The van der Waals surface area contributed by atoms with E-state index in [1.807, 2.05) is 37.3 Å². The van der Waals surface area contributed by atoms with E-state index < -0.39 is 17.5 Å². The number of anilines is 1. The van der Waals surface area contributed by atoms with Gasteiger partial charge in [-0.2, -0.15) is 0 Å². The van der Waals surface area contributed by atoms with Crippen LogP contribution in [0.25, 0.3) is 22.8 Å². The van der Waals surface area contributed by atoms with Crippen molar-refractivity contribution in [2.45, 2.75) is 32.6 Å². The third kappa shape index (κ3) is 4.30. The molecule has 0 radical (unpaired) electrons. The van der Waals surface area contributed by atoms with Gasteiger partial charge in [0.25, 0.3) is 5.91 Å². The van der Waals surface area contributed by atoms with Crippen molar-refractivity contribution in [2.75, 3.05) is 31.6 Å². The van der Waals surface area contributed by atoms with Crippen LogP contribution in [0, 0.1) is 18.6 Å². The van der Waals surface area contributed by atoms with Gasteiger partial charge in [0.05, 0.1) is 17.9 Å². The standard InChI is InChI=1S/C28H28F2N2O2/c1-18-16-19(17-21-26-23(31-28(21)33)11-10-22(29)27(26)30)20-8-3-4-9-24(25(18)20)34-15-7-14-32-12-5-2-6-13-32/h3-4,8-11,16-17H,2,5-7,12-15H2,1H3,(H,31,33)/b21-17-. The molecule has 34 heavy (non-hydrogen) atoms. The normalized spacial score (nSPS) is 17.3. The van der Waals surface area contributed by atoms with Crippen molar-refractivity contribution in [1.29, 1.82) is 0 Å². The van der Waals surface area contributed by atoms with Gasteiger partial charge in [-0.15, -0.1) is 0 Å². The molecular formula is C28H28F2N2O2. The quantitative estimate of drug-likeness (QED) is 0.354. The van der Waals surface area contributed by atoms with Gasteiger partial charge in [0.15, 0.2) is 11.6 Å². The summed E-state index contributed by atoms with van der Waals surface area (Å²) in [4.78, 5) is 15.1. The van der Waals surface area contributed by atoms with Gasteiger partial charge < -0.3 is 15.0 Å². The molecule has 2 aliphatic heterocycles. The maximum atomic E-state index is 14.5. The number of nitrogens with zero attached hydrogens (tertiary/aromatic N) is 1. The number of hydrogen-bond donors (Lipinski definition) is 1. The van der Waals surface area contributed by atoms with E-state index in [2.05, 4.69) is 10.2 Å². The highest BCUT2D eigenvalue weighted by molar-refractivity contribution is 6.35. The number of hydrogen-bond acceptors (Lipinski definition) is 3. The zero-order chi connectivity index (χ0) is 23.7. The molecule has 0 spiro atoms. The minimum absolute atomic E-state index is 0.0218. The number of rotatable bonds is 6. The first-order valence-corrected chi connectivity index (χ1v) is 11.9. The van der Waals surface area contributed by atoms with Crippen LogP contribution in [0.3, 0.4) is 0 Å². The molecule has 1 fully saturated rings. The average Bonchev–Trinajstić information content (AvgIpc) is 3.21. The molecule has 6 heteroatoms. The zero-order valence-corrected chi connectivity index (χ0v) is 19.3. The number of carbonyl (C=O) groups excluding carboxylic acids is 1. The fourth-order valence-electron chi connectivity index (χ4n) is 5.03. The topological polar surface area (TPSA) is 41.6 Å². The van der Waals surface area contributed by atoms with E-state index in [1.165, 1.54) is 38.4 Å². The Labute approximate surface area is 198 Å². The van der Waals surface area contributed by atoms with E-state index in [0.29, 0.717) is 6.61 Å². The Kier molecular flexibility index (Phi) is 6.33. The van der Waals surface area contributed by atoms with Gasteiger partial charge in [0.1, 0.15) is 5.75 Å². The lowest BCUT2D eigenvalue weighted by Crippen LogP contribution is -2.31. The molecule has 0 unspecified atom stereocenters. The molecule has 0 bridgehead atoms. The fourth-order valence-corrected chi connectivity index (χ4v) is 5.03. The highest BCUT2D eigenvalue weighted by Crippen LogP contribution is 2.42. The highest BCUT2D eigenvalue weighted by Gasteiger charge is 2.30. The zero-order valence-electron chi connectivity index (χ0n) is 19.3. The van der Waals surface area contributed by atoms with Gasteiger partial charge in [0, 0.05) is 17.7 Å². The molecule has 1 aromatic carbocycles. The number of carbonyl (C=O) groups is 1. The maximum Gasteiger partial charge on any atom is 0.256 e. The van der Waals surface area contributed by atoms with Gasteiger partial charge in [-0.3, -0.25) is 4.79 Å². The molecule has 1 amide bonds. The third-order valence-corrected chi connectivity index (χ3v) is 6.70. The highest BCUT2D eigenvalue weighted by atomic mass is 19.2. The number of likely N-dealkylation sites (tertiary alicyclic amines) is 1. The Morgan fingerprint density at radius 3 is 2.68 bits per heavy atom. The lowest BCUT2D eigenvalue weighted by Gasteiger charge is -2.26. The largest absolute Gasteiger partial charge is 0.493 e. The second kappa shape index (κ2) is 9.55. The summed E-state index contributed by atoms with van der Waals surface area (Å²) >= 11 is 0.